The number of hydrogen-bond acceptors (Lipinski definition) is 3. The van der Waals surface area contributed by atoms with Gasteiger partial charge in [-0.25, -0.2) is 0 Å². The van der Waals surface area contributed by atoms with E-state index in [1.54, 1.807) is 0 Å². The molecule has 146 valence electrons. The van der Waals surface area contributed by atoms with E-state index in [-0.39, 0.29) is 0 Å². The molecule has 0 bridgehead atoms. The third kappa shape index (κ3) is 9.45. The lowest BCUT2D eigenvalue weighted by molar-refractivity contribution is 0.0893. The highest BCUT2D eigenvalue weighted by atomic mass is 16.5. The predicted molar refractivity (Wildman–Crippen MR) is 104 cm³/mol. The van der Waals surface area contributed by atoms with Crippen molar-refractivity contribution >= 4 is 5.96 Å². The predicted octanol–water partition coefficient (Wildman–Crippen LogP) is 3.35. The van der Waals surface area contributed by atoms with Gasteiger partial charge in [0.1, 0.15) is 0 Å². The summed E-state index contributed by atoms with van der Waals surface area (Å²) in [5.41, 5.74) is 0. The third-order valence-electron chi connectivity index (χ3n) is 5.24. The van der Waals surface area contributed by atoms with Crippen LogP contribution >= 0.6 is 0 Å². The first kappa shape index (κ1) is 20.5. The van der Waals surface area contributed by atoms with Crippen LogP contribution in [0.4, 0.5) is 0 Å². The van der Waals surface area contributed by atoms with Crippen molar-refractivity contribution in [3.63, 3.8) is 0 Å². The van der Waals surface area contributed by atoms with Crippen molar-refractivity contribution in [1.82, 2.24) is 10.6 Å². The average molecular weight is 354 g/mol. The highest BCUT2D eigenvalue weighted by Crippen LogP contribution is 2.28. The molecule has 1 aliphatic carbocycles. The van der Waals surface area contributed by atoms with Crippen molar-refractivity contribution in [2.24, 2.45) is 16.8 Å². The first-order valence-corrected chi connectivity index (χ1v) is 10.6. The summed E-state index contributed by atoms with van der Waals surface area (Å²) in [4.78, 5) is 4.65. The number of ether oxygens (including phenoxy) is 2. The molecule has 0 radical (unpaired) electrons. The van der Waals surface area contributed by atoms with E-state index < -0.39 is 0 Å². The highest BCUT2D eigenvalue weighted by molar-refractivity contribution is 5.79. The van der Waals surface area contributed by atoms with Crippen LogP contribution < -0.4 is 10.6 Å². The monoisotopic (exact) mass is 353 g/mol. The van der Waals surface area contributed by atoms with Crippen molar-refractivity contribution in [2.45, 2.75) is 64.7 Å². The molecular weight excluding hydrogens is 314 g/mol. The molecule has 25 heavy (non-hydrogen) atoms. The van der Waals surface area contributed by atoms with Gasteiger partial charge in [0.2, 0.25) is 0 Å². The maximum Gasteiger partial charge on any atom is 0.191 e. The summed E-state index contributed by atoms with van der Waals surface area (Å²) < 4.78 is 11.1. The second-order valence-electron chi connectivity index (χ2n) is 7.49. The van der Waals surface area contributed by atoms with Gasteiger partial charge < -0.3 is 20.1 Å². The lowest BCUT2D eigenvalue weighted by Gasteiger charge is -2.12. The summed E-state index contributed by atoms with van der Waals surface area (Å²) in [6.45, 7) is 8.26. The van der Waals surface area contributed by atoms with Crippen LogP contribution in [0, 0.1) is 11.8 Å². The Labute approximate surface area is 154 Å². The fourth-order valence-electron chi connectivity index (χ4n) is 3.73. The van der Waals surface area contributed by atoms with E-state index in [9.17, 15) is 0 Å². The molecule has 1 atom stereocenters. The van der Waals surface area contributed by atoms with E-state index >= 15 is 0 Å². The maximum atomic E-state index is 5.73. The van der Waals surface area contributed by atoms with Gasteiger partial charge in [-0.3, -0.25) is 4.99 Å². The Morgan fingerprint density at radius 1 is 1.08 bits per heavy atom. The Morgan fingerprint density at radius 2 is 1.96 bits per heavy atom. The average Bonchev–Trinajstić information content (AvgIpc) is 3.31. The first-order chi connectivity index (χ1) is 12.4. The van der Waals surface area contributed by atoms with E-state index in [0.29, 0.717) is 5.92 Å². The van der Waals surface area contributed by atoms with Crippen molar-refractivity contribution in [3.05, 3.63) is 0 Å². The molecule has 0 amide bonds. The normalized spacial score (nSPS) is 21.8. The number of aliphatic imine (C=N–C) groups is 1. The van der Waals surface area contributed by atoms with Crippen LogP contribution in [0.15, 0.2) is 4.99 Å². The molecule has 2 aliphatic rings. The Hall–Kier alpha value is -0.810. The van der Waals surface area contributed by atoms with Gasteiger partial charge in [-0.1, -0.05) is 38.5 Å². The molecule has 2 N–H and O–H groups in total. The number of guanidine groups is 1. The van der Waals surface area contributed by atoms with Gasteiger partial charge in [-0.2, -0.15) is 0 Å². The molecule has 5 heteroatoms. The van der Waals surface area contributed by atoms with Crippen LogP contribution in [0.1, 0.15) is 64.7 Å². The van der Waals surface area contributed by atoms with E-state index in [1.807, 2.05) is 0 Å². The highest BCUT2D eigenvalue weighted by Gasteiger charge is 2.15. The summed E-state index contributed by atoms with van der Waals surface area (Å²) in [5.74, 6) is 2.57. The smallest absolute Gasteiger partial charge is 0.191 e. The molecule has 0 aromatic rings. The number of hydrogen-bond donors (Lipinski definition) is 2. The van der Waals surface area contributed by atoms with Gasteiger partial charge in [0.25, 0.3) is 0 Å². The fourth-order valence-corrected chi connectivity index (χ4v) is 3.73. The van der Waals surface area contributed by atoms with Crippen molar-refractivity contribution in [2.75, 3.05) is 46.1 Å². The van der Waals surface area contributed by atoms with Crippen LogP contribution in [-0.2, 0) is 9.47 Å². The molecule has 0 aromatic carbocycles. The Kier molecular flexibility index (Phi) is 11.0. The SMILES string of the molecule is CCNC(=NCCCOCC1CCOC1)NCCCCC1CCCC1. The van der Waals surface area contributed by atoms with Crippen LogP contribution in [0.5, 0.6) is 0 Å². The van der Waals surface area contributed by atoms with Crippen LogP contribution in [0.25, 0.3) is 0 Å². The van der Waals surface area contributed by atoms with Crippen molar-refractivity contribution in [3.8, 4) is 0 Å². The van der Waals surface area contributed by atoms with E-state index in [1.165, 1.54) is 44.9 Å². The molecule has 2 fully saturated rings. The summed E-state index contributed by atoms with van der Waals surface area (Å²) in [6.07, 6.45) is 12.0. The summed E-state index contributed by atoms with van der Waals surface area (Å²) in [7, 11) is 0. The maximum absolute atomic E-state index is 5.73. The standard InChI is InChI=1S/C20H39N3O2/c1-2-21-20(22-12-6-5-10-18-8-3-4-9-18)23-13-7-14-24-16-19-11-15-25-17-19/h18-19H,2-17H2,1H3,(H2,21,22,23). The molecule has 0 spiro atoms. The molecule has 1 unspecified atom stereocenters. The molecular formula is C20H39N3O2. The van der Waals surface area contributed by atoms with E-state index in [4.69, 9.17) is 9.47 Å². The molecule has 0 aromatic heterocycles. The van der Waals surface area contributed by atoms with Gasteiger partial charge in [0.15, 0.2) is 5.96 Å². The fraction of sp³-hybridized carbons (Fsp3) is 0.950. The topological polar surface area (TPSA) is 54.9 Å². The van der Waals surface area contributed by atoms with Crippen LogP contribution in [0.2, 0.25) is 0 Å². The molecule has 1 saturated heterocycles. The Morgan fingerprint density at radius 3 is 2.72 bits per heavy atom. The van der Waals surface area contributed by atoms with Crippen LogP contribution in [-0.4, -0.2) is 52.0 Å². The second-order valence-corrected chi connectivity index (χ2v) is 7.49. The summed E-state index contributed by atoms with van der Waals surface area (Å²) in [6, 6.07) is 0. The quantitative estimate of drug-likeness (QED) is 0.321. The van der Waals surface area contributed by atoms with E-state index in [0.717, 1.165) is 70.8 Å². The number of nitrogens with zero attached hydrogens (tertiary/aromatic N) is 1. The summed E-state index contributed by atoms with van der Waals surface area (Å²) >= 11 is 0. The van der Waals surface area contributed by atoms with Gasteiger partial charge in [-0.15, -0.1) is 0 Å². The zero-order chi connectivity index (χ0) is 17.6. The third-order valence-corrected chi connectivity index (χ3v) is 5.24. The van der Waals surface area contributed by atoms with E-state index in [2.05, 4.69) is 22.5 Å². The van der Waals surface area contributed by atoms with Gasteiger partial charge in [0, 0.05) is 38.8 Å². The second kappa shape index (κ2) is 13.4. The number of nitrogens with one attached hydrogen (secondary N) is 2. The summed E-state index contributed by atoms with van der Waals surface area (Å²) in [5, 5.41) is 6.80. The van der Waals surface area contributed by atoms with Gasteiger partial charge >= 0.3 is 0 Å². The first-order valence-electron chi connectivity index (χ1n) is 10.6. The van der Waals surface area contributed by atoms with Gasteiger partial charge in [0.05, 0.1) is 13.2 Å². The Balaban J connectivity index is 1.46. The largest absolute Gasteiger partial charge is 0.381 e. The lowest BCUT2D eigenvalue weighted by Crippen LogP contribution is -2.37. The van der Waals surface area contributed by atoms with Crippen molar-refractivity contribution < 1.29 is 9.47 Å². The number of unbranched alkanes of at least 4 members (excludes halogenated alkanes) is 1. The molecule has 1 heterocycles. The van der Waals surface area contributed by atoms with Gasteiger partial charge in [-0.05, 0) is 32.1 Å². The molecule has 2 rings (SSSR count). The van der Waals surface area contributed by atoms with Crippen LogP contribution in [0.3, 0.4) is 0 Å². The Bertz CT molecular complexity index is 351. The minimum Gasteiger partial charge on any atom is -0.381 e. The minimum absolute atomic E-state index is 0.603. The number of rotatable bonds is 12. The lowest BCUT2D eigenvalue weighted by atomic mass is 10.0. The zero-order valence-corrected chi connectivity index (χ0v) is 16.2. The molecule has 5 nitrogen and oxygen atoms in total. The van der Waals surface area contributed by atoms with Crippen molar-refractivity contribution in [1.29, 1.82) is 0 Å². The minimum atomic E-state index is 0.603. The molecule has 1 aliphatic heterocycles. The zero-order valence-electron chi connectivity index (χ0n) is 16.2. The molecule has 1 saturated carbocycles.